The molecule has 134 valence electrons. The molecule has 27 heavy (non-hydrogen) atoms. The molecular weight excluding hydrogens is 332 g/mol. The zero-order chi connectivity index (χ0) is 18.6. The predicted octanol–water partition coefficient (Wildman–Crippen LogP) is 5.18. The maximum absolute atomic E-state index is 13.6. The van der Waals surface area contributed by atoms with E-state index in [9.17, 15) is 4.79 Å². The van der Waals surface area contributed by atoms with Crippen LogP contribution in [0.25, 0.3) is 0 Å². The SMILES string of the molecule is CC1=Nc2ccccc2N(Cc2ccccc2)C(=O)C1Cc1ccccc1. The van der Waals surface area contributed by atoms with Gasteiger partial charge >= 0.3 is 0 Å². The van der Waals surface area contributed by atoms with Crippen LogP contribution in [0, 0.1) is 5.92 Å². The molecule has 0 bridgehead atoms. The number of rotatable bonds is 4. The zero-order valence-corrected chi connectivity index (χ0v) is 15.4. The lowest BCUT2D eigenvalue weighted by Gasteiger charge is -2.26. The third-order valence-electron chi connectivity index (χ3n) is 5.00. The Morgan fingerprint density at radius 1 is 0.815 bits per heavy atom. The van der Waals surface area contributed by atoms with Crippen molar-refractivity contribution >= 4 is 23.0 Å². The first-order valence-corrected chi connectivity index (χ1v) is 9.26. The van der Waals surface area contributed by atoms with Crippen LogP contribution < -0.4 is 4.90 Å². The number of amides is 1. The van der Waals surface area contributed by atoms with E-state index in [4.69, 9.17) is 4.99 Å². The topological polar surface area (TPSA) is 32.7 Å². The number of carbonyl (C=O) groups excluding carboxylic acids is 1. The van der Waals surface area contributed by atoms with E-state index in [2.05, 4.69) is 24.3 Å². The van der Waals surface area contributed by atoms with Gasteiger partial charge in [0.25, 0.3) is 0 Å². The number of benzene rings is 3. The molecule has 3 nitrogen and oxygen atoms in total. The van der Waals surface area contributed by atoms with E-state index in [0.29, 0.717) is 13.0 Å². The molecule has 3 heteroatoms. The lowest BCUT2D eigenvalue weighted by Crippen LogP contribution is -2.38. The molecule has 1 atom stereocenters. The third kappa shape index (κ3) is 3.68. The van der Waals surface area contributed by atoms with Crippen LogP contribution in [0.3, 0.4) is 0 Å². The molecule has 0 saturated heterocycles. The van der Waals surface area contributed by atoms with Crippen LogP contribution in [0.1, 0.15) is 18.1 Å². The molecule has 0 spiro atoms. The highest BCUT2D eigenvalue weighted by atomic mass is 16.2. The second-order valence-corrected chi connectivity index (χ2v) is 6.89. The molecule has 0 N–H and O–H groups in total. The smallest absolute Gasteiger partial charge is 0.236 e. The van der Waals surface area contributed by atoms with E-state index >= 15 is 0 Å². The first-order chi connectivity index (χ1) is 13.2. The Kier molecular flexibility index (Phi) is 4.84. The van der Waals surface area contributed by atoms with Crippen molar-refractivity contribution in [3.05, 3.63) is 96.1 Å². The van der Waals surface area contributed by atoms with Crippen molar-refractivity contribution in [2.75, 3.05) is 4.90 Å². The highest BCUT2D eigenvalue weighted by Gasteiger charge is 2.32. The Balaban J connectivity index is 1.73. The van der Waals surface area contributed by atoms with Crippen molar-refractivity contribution in [3.8, 4) is 0 Å². The average Bonchev–Trinajstić information content (AvgIpc) is 2.80. The lowest BCUT2D eigenvalue weighted by atomic mass is 9.93. The van der Waals surface area contributed by atoms with Crippen LogP contribution in [-0.2, 0) is 17.8 Å². The molecule has 4 rings (SSSR count). The van der Waals surface area contributed by atoms with Gasteiger partial charge in [0.1, 0.15) is 0 Å². The van der Waals surface area contributed by atoms with E-state index in [1.54, 1.807) is 0 Å². The first kappa shape index (κ1) is 17.2. The second kappa shape index (κ2) is 7.58. The summed E-state index contributed by atoms with van der Waals surface area (Å²) in [5.74, 6) is -0.155. The summed E-state index contributed by atoms with van der Waals surface area (Å²) in [4.78, 5) is 20.3. The maximum atomic E-state index is 13.6. The molecule has 1 aliphatic rings. The lowest BCUT2D eigenvalue weighted by molar-refractivity contribution is -0.120. The number of hydrogen-bond acceptors (Lipinski definition) is 2. The van der Waals surface area contributed by atoms with E-state index in [1.807, 2.05) is 72.5 Å². The Morgan fingerprint density at radius 3 is 2.11 bits per heavy atom. The summed E-state index contributed by atoms with van der Waals surface area (Å²) in [7, 11) is 0. The molecule has 0 saturated carbocycles. The molecule has 0 aromatic heterocycles. The highest BCUT2D eigenvalue weighted by Crippen LogP contribution is 2.35. The molecule has 1 amide bonds. The number of fused-ring (bicyclic) bond motifs is 1. The average molecular weight is 354 g/mol. The van der Waals surface area contributed by atoms with Gasteiger partial charge in [-0.1, -0.05) is 72.8 Å². The zero-order valence-electron chi connectivity index (χ0n) is 15.4. The predicted molar refractivity (Wildman–Crippen MR) is 110 cm³/mol. The second-order valence-electron chi connectivity index (χ2n) is 6.89. The van der Waals surface area contributed by atoms with Gasteiger partial charge in [-0.25, -0.2) is 0 Å². The van der Waals surface area contributed by atoms with Gasteiger partial charge in [-0.2, -0.15) is 0 Å². The third-order valence-corrected chi connectivity index (χ3v) is 5.00. The van der Waals surface area contributed by atoms with Crippen LogP contribution in [0.15, 0.2) is 89.9 Å². The fraction of sp³-hybridized carbons (Fsp3) is 0.167. The Bertz CT molecular complexity index is 964. The van der Waals surface area contributed by atoms with Gasteiger partial charge in [0.15, 0.2) is 0 Å². The van der Waals surface area contributed by atoms with Gasteiger partial charge in [-0.15, -0.1) is 0 Å². The molecule has 1 heterocycles. The minimum Gasteiger partial charge on any atom is -0.305 e. The minimum atomic E-state index is -0.261. The quantitative estimate of drug-likeness (QED) is 0.635. The molecule has 0 radical (unpaired) electrons. The summed E-state index contributed by atoms with van der Waals surface area (Å²) < 4.78 is 0. The fourth-order valence-corrected chi connectivity index (χ4v) is 3.55. The van der Waals surface area contributed by atoms with Gasteiger partial charge < -0.3 is 4.90 Å². The maximum Gasteiger partial charge on any atom is 0.236 e. The number of carbonyl (C=O) groups is 1. The Labute approximate surface area is 160 Å². The van der Waals surface area contributed by atoms with Crippen molar-refractivity contribution in [1.29, 1.82) is 0 Å². The normalized spacial score (nSPS) is 16.5. The molecule has 0 aliphatic carbocycles. The minimum absolute atomic E-state index is 0.105. The molecule has 3 aromatic rings. The van der Waals surface area contributed by atoms with Crippen LogP contribution in [0.4, 0.5) is 11.4 Å². The van der Waals surface area contributed by atoms with Crippen molar-refractivity contribution in [1.82, 2.24) is 0 Å². The van der Waals surface area contributed by atoms with Crippen LogP contribution in [-0.4, -0.2) is 11.6 Å². The number of hydrogen-bond donors (Lipinski definition) is 0. The molecule has 1 aliphatic heterocycles. The van der Waals surface area contributed by atoms with Crippen molar-refractivity contribution < 1.29 is 4.79 Å². The number of aliphatic imine (C=N–C) groups is 1. The molecule has 3 aromatic carbocycles. The number of nitrogens with zero attached hydrogens (tertiary/aromatic N) is 2. The summed E-state index contributed by atoms with van der Waals surface area (Å²) in [6.45, 7) is 2.51. The van der Waals surface area contributed by atoms with Crippen LogP contribution >= 0.6 is 0 Å². The van der Waals surface area contributed by atoms with Crippen molar-refractivity contribution in [2.24, 2.45) is 10.9 Å². The number of para-hydroxylation sites is 2. The molecule has 0 fully saturated rings. The first-order valence-electron chi connectivity index (χ1n) is 9.26. The van der Waals surface area contributed by atoms with E-state index in [-0.39, 0.29) is 11.8 Å². The summed E-state index contributed by atoms with van der Waals surface area (Å²) in [5.41, 5.74) is 4.86. The van der Waals surface area contributed by atoms with Gasteiger partial charge in [0, 0.05) is 5.71 Å². The van der Waals surface area contributed by atoms with E-state index < -0.39 is 0 Å². The summed E-state index contributed by atoms with van der Waals surface area (Å²) in [5, 5.41) is 0. The van der Waals surface area contributed by atoms with Gasteiger partial charge in [0.05, 0.1) is 23.8 Å². The Hall–Kier alpha value is -3.20. The summed E-state index contributed by atoms with van der Waals surface area (Å²) in [6.07, 6.45) is 0.661. The van der Waals surface area contributed by atoms with Crippen molar-refractivity contribution in [2.45, 2.75) is 19.9 Å². The molecule has 1 unspecified atom stereocenters. The van der Waals surface area contributed by atoms with Gasteiger partial charge in [0.2, 0.25) is 5.91 Å². The van der Waals surface area contributed by atoms with Crippen LogP contribution in [0.5, 0.6) is 0 Å². The largest absolute Gasteiger partial charge is 0.305 e. The number of anilines is 1. The summed E-state index contributed by atoms with van der Waals surface area (Å²) >= 11 is 0. The monoisotopic (exact) mass is 354 g/mol. The highest BCUT2D eigenvalue weighted by molar-refractivity contribution is 6.13. The van der Waals surface area contributed by atoms with E-state index in [0.717, 1.165) is 28.2 Å². The standard InChI is InChI=1S/C24H22N2O/c1-18-21(16-19-10-4-2-5-11-19)24(27)26(17-20-12-6-3-7-13-20)23-15-9-8-14-22(23)25-18/h2-15,21H,16-17H2,1H3. The van der Waals surface area contributed by atoms with Crippen LogP contribution in [0.2, 0.25) is 0 Å². The molecular formula is C24H22N2O. The Morgan fingerprint density at radius 2 is 1.41 bits per heavy atom. The summed E-state index contributed by atoms with van der Waals surface area (Å²) in [6, 6.07) is 28.2. The van der Waals surface area contributed by atoms with Gasteiger partial charge in [-0.05, 0) is 36.6 Å². The van der Waals surface area contributed by atoms with Gasteiger partial charge in [-0.3, -0.25) is 9.79 Å². The fourth-order valence-electron chi connectivity index (χ4n) is 3.55. The van der Waals surface area contributed by atoms with E-state index in [1.165, 1.54) is 0 Å². The van der Waals surface area contributed by atoms with Crippen molar-refractivity contribution in [3.63, 3.8) is 0 Å².